The first kappa shape index (κ1) is 15.5. The summed E-state index contributed by atoms with van der Waals surface area (Å²) in [5, 5.41) is 11.3. The maximum Gasteiger partial charge on any atom is 0.241 e. The second kappa shape index (κ2) is 6.24. The Morgan fingerprint density at radius 1 is 1.38 bits per heavy atom. The van der Waals surface area contributed by atoms with Crippen LogP contribution in [0, 0.1) is 11.3 Å². The van der Waals surface area contributed by atoms with Crippen molar-refractivity contribution in [2.75, 3.05) is 0 Å². The Balaban J connectivity index is 2.03. The SMILES string of the molecule is CC(NS(=O)(=O)c1ccc(CC#N)cc1)C(=O)NC1CC1. The van der Waals surface area contributed by atoms with Gasteiger partial charge in [-0.15, -0.1) is 0 Å². The summed E-state index contributed by atoms with van der Waals surface area (Å²) in [4.78, 5) is 11.8. The molecule has 0 aromatic heterocycles. The zero-order chi connectivity index (χ0) is 15.5. The third-order valence-corrected chi connectivity index (χ3v) is 4.72. The van der Waals surface area contributed by atoms with Crippen molar-refractivity contribution in [2.24, 2.45) is 0 Å². The van der Waals surface area contributed by atoms with E-state index in [1.54, 1.807) is 12.1 Å². The normalized spacial score (nSPS) is 16.0. The van der Waals surface area contributed by atoms with Gasteiger partial charge in [0.1, 0.15) is 0 Å². The molecule has 0 bridgehead atoms. The lowest BCUT2D eigenvalue weighted by Gasteiger charge is -2.14. The molecule has 112 valence electrons. The molecule has 0 heterocycles. The number of amides is 1. The molecule has 0 aliphatic heterocycles. The van der Waals surface area contributed by atoms with Gasteiger partial charge in [0.05, 0.1) is 23.4 Å². The number of rotatable bonds is 6. The number of nitriles is 1. The van der Waals surface area contributed by atoms with E-state index < -0.39 is 16.1 Å². The minimum absolute atomic E-state index is 0.0789. The highest BCUT2D eigenvalue weighted by Gasteiger charge is 2.28. The maximum atomic E-state index is 12.2. The molecule has 2 N–H and O–H groups in total. The first-order valence-electron chi connectivity index (χ1n) is 6.71. The summed E-state index contributed by atoms with van der Waals surface area (Å²) in [5.41, 5.74) is 0.746. The van der Waals surface area contributed by atoms with E-state index >= 15 is 0 Å². The Kier molecular flexibility index (Phi) is 4.60. The van der Waals surface area contributed by atoms with Gasteiger partial charge in [-0.25, -0.2) is 8.42 Å². The Labute approximate surface area is 124 Å². The van der Waals surface area contributed by atoms with E-state index in [-0.39, 0.29) is 23.3 Å². The van der Waals surface area contributed by atoms with Gasteiger partial charge in [0.2, 0.25) is 15.9 Å². The van der Waals surface area contributed by atoms with Crippen molar-refractivity contribution in [3.05, 3.63) is 29.8 Å². The standard InChI is InChI=1S/C14H17N3O3S/c1-10(14(18)16-12-4-5-12)17-21(19,20)13-6-2-11(3-7-13)8-9-15/h2-3,6-7,10,12,17H,4-5,8H2,1H3,(H,16,18). The molecule has 7 heteroatoms. The number of hydrogen-bond donors (Lipinski definition) is 2. The maximum absolute atomic E-state index is 12.2. The lowest BCUT2D eigenvalue weighted by molar-refractivity contribution is -0.122. The van der Waals surface area contributed by atoms with Gasteiger partial charge in [-0.2, -0.15) is 9.98 Å². The Bertz CT molecular complexity index is 658. The van der Waals surface area contributed by atoms with E-state index in [9.17, 15) is 13.2 Å². The van der Waals surface area contributed by atoms with Crippen molar-refractivity contribution < 1.29 is 13.2 Å². The minimum atomic E-state index is -3.75. The van der Waals surface area contributed by atoms with E-state index in [0.717, 1.165) is 18.4 Å². The van der Waals surface area contributed by atoms with Crippen LogP contribution in [-0.4, -0.2) is 26.4 Å². The third-order valence-electron chi connectivity index (χ3n) is 3.17. The smallest absolute Gasteiger partial charge is 0.241 e. The fraction of sp³-hybridized carbons (Fsp3) is 0.429. The van der Waals surface area contributed by atoms with Crippen LogP contribution in [0.25, 0.3) is 0 Å². The summed E-state index contributed by atoms with van der Waals surface area (Å²) in [6.07, 6.45) is 2.13. The van der Waals surface area contributed by atoms with Gasteiger partial charge in [0.25, 0.3) is 0 Å². The van der Waals surface area contributed by atoms with Crippen LogP contribution in [0.2, 0.25) is 0 Å². The molecule has 2 rings (SSSR count). The molecule has 0 saturated heterocycles. The minimum Gasteiger partial charge on any atom is -0.352 e. The largest absolute Gasteiger partial charge is 0.352 e. The van der Waals surface area contributed by atoms with Crippen LogP contribution in [0.15, 0.2) is 29.2 Å². The summed E-state index contributed by atoms with van der Waals surface area (Å²) in [5.74, 6) is -0.317. The predicted molar refractivity (Wildman–Crippen MR) is 76.7 cm³/mol. The van der Waals surface area contributed by atoms with Crippen LogP contribution in [0.5, 0.6) is 0 Å². The average Bonchev–Trinajstić information content (AvgIpc) is 3.23. The van der Waals surface area contributed by atoms with Crippen molar-refractivity contribution in [1.82, 2.24) is 10.0 Å². The highest BCUT2D eigenvalue weighted by Crippen LogP contribution is 2.18. The lowest BCUT2D eigenvalue weighted by atomic mass is 10.2. The fourth-order valence-corrected chi connectivity index (χ4v) is 2.99. The van der Waals surface area contributed by atoms with Crippen LogP contribution < -0.4 is 10.0 Å². The molecular formula is C14H17N3O3S. The molecule has 1 atom stereocenters. The number of carbonyl (C=O) groups is 1. The van der Waals surface area contributed by atoms with Crippen LogP contribution in [0.3, 0.4) is 0 Å². The van der Waals surface area contributed by atoms with Gasteiger partial charge < -0.3 is 5.32 Å². The first-order valence-corrected chi connectivity index (χ1v) is 8.19. The molecule has 1 aromatic carbocycles. The fourth-order valence-electron chi connectivity index (χ4n) is 1.79. The van der Waals surface area contributed by atoms with Crippen molar-refractivity contribution in [3.63, 3.8) is 0 Å². The van der Waals surface area contributed by atoms with Crippen molar-refractivity contribution >= 4 is 15.9 Å². The van der Waals surface area contributed by atoms with E-state index in [4.69, 9.17) is 5.26 Å². The highest BCUT2D eigenvalue weighted by molar-refractivity contribution is 7.89. The van der Waals surface area contributed by atoms with E-state index in [2.05, 4.69) is 10.0 Å². The Morgan fingerprint density at radius 2 is 2.00 bits per heavy atom. The molecule has 21 heavy (non-hydrogen) atoms. The molecule has 1 amide bonds. The van der Waals surface area contributed by atoms with E-state index in [1.807, 2.05) is 6.07 Å². The Morgan fingerprint density at radius 3 is 2.52 bits per heavy atom. The molecule has 1 saturated carbocycles. The number of hydrogen-bond acceptors (Lipinski definition) is 4. The summed E-state index contributed by atoms with van der Waals surface area (Å²) in [6.45, 7) is 1.51. The van der Waals surface area contributed by atoms with Gasteiger partial charge >= 0.3 is 0 Å². The molecule has 1 aromatic rings. The van der Waals surface area contributed by atoms with E-state index in [0.29, 0.717) is 0 Å². The summed E-state index contributed by atoms with van der Waals surface area (Å²) in [7, 11) is -3.75. The van der Waals surface area contributed by atoms with Gasteiger partial charge in [0.15, 0.2) is 0 Å². The van der Waals surface area contributed by atoms with Crippen LogP contribution in [0.4, 0.5) is 0 Å². The van der Waals surface area contributed by atoms with Gasteiger partial charge in [0, 0.05) is 6.04 Å². The van der Waals surface area contributed by atoms with Gasteiger partial charge in [-0.3, -0.25) is 4.79 Å². The number of benzene rings is 1. The molecule has 1 aliphatic carbocycles. The molecule has 6 nitrogen and oxygen atoms in total. The first-order chi connectivity index (χ1) is 9.92. The monoisotopic (exact) mass is 307 g/mol. The molecule has 1 unspecified atom stereocenters. The summed E-state index contributed by atoms with van der Waals surface area (Å²) >= 11 is 0. The molecule has 1 aliphatic rings. The lowest BCUT2D eigenvalue weighted by Crippen LogP contribution is -2.45. The highest BCUT2D eigenvalue weighted by atomic mass is 32.2. The van der Waals surface area contributed by atoms with Crippen molar-refractivity contribution in [1.29, 1.82) is 5.26 Å². The number of nitrogens with zero attached hydrogens (tertiary/aromatic N) is 1. The van der Waals surface area contributed by atoms with Crippen LogP contribution in [0.1, 0.15) is 25.3 Å². The second-order valence-electron chi connectivity index (χ2n) is 5.10. The van der Waals surface area contributed by atoms with Gasteiger partial charge in [-0.1, -0.05) is 12.1 Å². The van der Waals surface area contributed by atoms with Crippen molar-refractivity contribution in [2.45, 2.75) is 43.2 Å². The number of carbonyl (C=O) groups excluding carboxylic acids is 1. The topological polar surface area (TPSA) is 99.1 Å². The molecular weight excluding hydrogens is 290 g/mol. The third kappa shape index (κ3) is 4.28. The zero-order valence-electron chi connectivity index (χ0n) is 11.7. The second-order valence-corrected chi connectivity index (χ2v) is 6.82. The quantitative estimate of drug-likeness (QED) is 0.808. The number of nitrogens with one attached hydrogen (secondary N) is 2. The van der Waals surface area contributed by atoms with Crippen molar-refractivity contribution in [3.8, 4) is 6.07 Å². The number of sulfonamides is 1. The average molecular weight is 307 g/mol. The zero-order valence-corrected chi connectivity index (χ0v) is 12.5. The molecule has 0 radical (unpaired) electrons. The van der Waals surface area contributed by atoms with E-state index in [1.165, 1.54) is 19.1 Å². The summed E-state index contributed by atoms with van der Waals surface area (Å²) < 4.78 is 26.7. The molecule has 1 fully saturated rings. The predicted octanol–water partition coefficient (Wildman–Crippen LogP) is 0.698. The van der Waals surface area contributed by atoms with Gasteiger partial charge in [-0.05, 0) is 37.5 Å². The Hall–Kier alpha value is -1.91. The molecule has 0 spiro atoms. The van der Waals surface area contributed by atoms with Crippen LogP contribution in [-0.2, 0) is 21.2 Å². The summed E-state index contributed by atoms with van der Waals surface area (Å²) in [6, 6.07) is 7.40. The van der Waals surface area contributed by atoms with Crippen LogP contribution >= 0.6 is 0 Å².